The lowest BCUT2D eigenvalue weighted by Crippen LogP contribution is -2.32. The lowest BCUT2D eigenvalue weighted by Gasteiger charge is -2.31. The Morgan fingerprint density at radius 2 is 2.08 bits per heavy atom. The van der Waals surface area contributed by atoms with E-state index in [1.54, 1.807) is 6.08 Å². The highest BCUT2D eigenvalue weighted by molar-refractivity contribution is 5.97. The van der Waals surface area contributed by atoms with E-state index in [0.717, 1.165) is 18.4 Å². The summed E-state index contributed by atoms with van der Waals surface area (Å²) in [5.74, 6) is -0.878. The van der Waals surface area contributed by atoms with Crippen LogP contribution >= 0.6 is 0 Å². The summed E-state index contributed by atoms with van der Waals surface area (Å²) in [6.45, 7) is 5.94. The number of cyclic esters (lactones) is 1. The first kappa shape index (κ1) is 19.1. The molecule has 0 fully saturated rings. The van der Waals surface area contributed by atoms with E-state index in [2.05, 4.69) is 6.92 Å². The van der Waals surface area contributed by atoms with Crippen molar-refractivity contribution in [2.75, 3.05) is 7.11 Å². The van der Waals surface area contributed by atoms with Gasteiger partial charge in [0.2, 0.25) is 0 Å². The maximum Gasteiger partial charge on any atom is 0.343 e. The average Bonchev–Trinajstić information content (AvgIpc) is 2.56. The van der Waals surface area contributed by atoms with Crippen molar-refractivity contribution in [3.8, 4) is 11.5 Å². The van der Waals surface area contributed by atoms with Gasteiger partial charge in [-0.3, -0.25) is 0 Å². The molecule has 0 bridgehead atoms. The topological polar surface area (TPSA) is 76.0 Å². The van der Waals surface area contributed by atoms with Crippen LogP contribution in [0, 0.1) is 0 Å². The van der Waals surface area contributed by atoms with E-state index in [9.17, 15) is 15.0 Å². The number of fused-ring (bicyclic) bond motifs is 1. The van der Waals surface area contributed by atoms with Gasteiger partial charge in [0.1, 0.15) is 23.2 Å². The van der Waals surface area contributed by atoms with Gasteiger partial charge in [-0.25, -0.2) is 4.79 Å². The summed E-state index contributed by atoms with van der Waals surface area (Å²) in [4.78, 5) is 12.5. The van der Waals surface area contributed by atoms with Crippen molar-refractivity contribution in [2.45, 2.75) is 52.2 Å². The number of hydrogen-bond donors (Lipinski definition) is 2. The standard InChI is InChI=1S/C20H26O5/c1-5-6-7-8-15-19(24-4)16-14(21)11-13(10-9-12(2)3)18(22)17(16)20(23)25-15/h7-9,11,15,19,21-22H,5-6,10H2,1-4H3. The predicted octanol–water partition coefficient (Wildman–Crippen LogP) is 4.19. The smallest absolute Gasteiger partial charge is 0.343 e. The fraction of sp³-hybridized carbons (Fsp3) is 0.450. The summed E-state index contributed by atoms with van der Waals surface area (Å²) in [5.41, 5.74) is 1.83. The molecular formula is C20H26O5. The first-order valence-corrected chi connectivity index (χ1v) is 8.52. The molecule has 5 heteroatoms. The van der Waals surface area contributed by atoms with Crippen LogP contribution in [0.4, 0.5) is 0 Å². The van der Waals surface area contributed by atoms with Gasteiger partial charge in [0.15, 0.2) is 6.10 Å². The molecule has 0 saturated heterocycles. The quantitative estimate of drug-likeness (QED) is 0.459. The van der Waals surface area contributed by atoms with Gasteiger partial charge < -0.3 is 19.7 Å². The number of aromatic hydroxyl groups is 2. The Morgan fingerprint density at radius 3 is 2.68 bits per heavy atom. The lowest BCUT2D eigenvalue weighted by atomic mass is 9.90. The van der Waals surface area contributed by atoms with E-state index < -0.39 is 18.2 Å². The summed E-state index contributed by atoms with van der Waals surface area (Å²) >= 11 is 0. The molecule has 1 aliphatic rings. The molecule has 2 rings (SSSR count). The Kier molecular flexibility index (Phi) is 6.26. The van der Waals surface area contributed by atoms with Gasteiger partial charge in [0, 0.05) is 18.2 Å². The number of carbonyl (C=O) groups excluding carboxylic acids is 1. The molecule has 2 unspecified atom stereocenters. The van der Waals surface area contributed by atoms with E-state index in [0.29, 0.717) is 12.0 Å². The van der Waals surface area contributed by atoms with Crippen LogP contribution in [0.15, 0.2) is 29.9 Å². The Bertz CT molecular complexity index is 699. The fourth-order valence-electron chi connectivity index (χ4n) is 2.89. The second-order valence-electron chi connectivity index (χ2n) is 6.42. The minimum atomic E-state index is -0.663. The summed E-state index contributed by atoms with van der Waals surface area (Å²) in [5, 5.41) is 21.0. The van der Waals surface area contributed by atoms with E-state index in [4.69, 9.17) is 9.47 Å². The van der Waals surface area contributed by atoms with Crippen LogP contribution in [0.5, 0.6) is 11.5 Å². The van der Waals surface area contributed by atoms with Gasteiger partial charge >= 0.3 is 5.97 Å². The zero-order valence-electron chi connectivity index (χ0n) is 15.2. The third-order valence-corrected chi connectivity index (χ3v) is 4.19. The molecule has 0 radical (unpaired) electrons. The molecule has 0 amide bonds. The van der Waals surface area contributed by atoms with Gasteiger partial charge in [-0.05, 0) is 38.8 Å². The molecule has 1 aliphatic heterocycles. The SMILES string of the molecule is CCCC=CC1OC(=O)c2c(O)c(CC=C(C)C)cc(O)c2C1OC. The Labute approximate surface area is 148 Å². The number of phenolic OH excluding ortho intramolecular Hbond substituents is 2. The highest BCUT2D eigenvalue weighted by atomic mass is 16.6. The zero-order chi connectivity index (χ0) is 18.6. The van der Waals surface area contributed by atoms with Crippen molar-refractivity contribution >= 4 is 5.97 Å². The van der Waals surface area contributed by atoms with Gasteiger partial charge in [0.25, 0.3) is 0 Å². The highest BCUT2D eigenvalue weighted by Crippen LogP contribution is 2.44. The van der Waals surface area contributed by atoms with E-state index in [1.807, 2.05) is 26.0 Å². The number of rotatable bonds is 6. The van der Waals surface area contributed by atoms with Gasteiger partial charge in [0.05, 0.1) is 0 Å². The highest BCUT2D eigenvalue weighted by Gasteiger charge is 2.39. The molecule has 25 heavy (non-hydrogen) atoms. The van der Waals surface area contributed by atoms with Crippen LogP contribution in [-0.2, 0) is 15.9 Å². The van der Waals surface area contributed by atoms with E-state index >= 15 is 0 Å². The van der Waals surface area contributed by atoms with Crippen molar-refractivity contribution in [1.82, 2.24) is 0 Å². The van der Waals surface area contributed by atoms with Crippen molar-refractivity contribution in [3.05, 3.63) is 46.6 Å². The molecule has 2 atom stereocenters. The van der Waals surface area contributed by atoms with Crippen LogP contribution < -0.4 is 0 Å². The molecular weight excluding hydrogens is 320 g/mol. The van der Waals surface area contributed by atoms with Crippen LogP contribution in [0.1, 0.15) is 61.2 Å². The van der Waals surface area contributed by atoms with Gasteiger partial charge in [-0.1, -0.05) is 31.1 Å². The Hall–Kier alpha value is -2.27. The number of benzene rings is 1. The molecule has 136 valence electrons. The summed E-state index contributed by atoms with van der Waals surface area (Å²) in [6, 6.07) is 1.49. The summed E-state index contributed by atoms with van der Waals surface area (Å²) in [7, 11) is 1.49. The molecule has 1 aromatic carbocycles. The minimum Gasteiger partial charge on any atom is -0.508 e. The number of hydrogen-bond acceptors (Lipinski definition) is 5. The maximum absolute atomic E-state index is 12.5. The van der Waals surface area contributed by atoms with Crippen LogP contribution in [0.25, 0.3) is 0 Å². The average molecular weight is 346 g/mol. The maximum atomic E-state index is 12.5. The molecule has 0 aromatic heterocycles. The normalized spacial score (nSPS) is 19.6. The lowest BCUT2D eigenvalue weighted by molar-refractivity contribution is -0.0293. The molecule has 0 spiro atoms. The number of ether oxygens (including phenoxy) is 2. The minimum absolute atomic E-state index is 0.0100. The fourth-order valence-corrected chi connectivity index (χ4v) is 2.89. The molecule has 1 heterocycles. The molecule has 0 saturated carbocycles. The number of unbranched alkanes of at least 4 members (excludes halogenated alkanes) is 1. The molecule has 0 aliphatic carbocycles. The first-order chi connectivity index (χ1) is 11.9. The van der Waals surface area contributed by atoms with E-state index in [1.165, 1.54) is 13.2 Å². The summed E-state index contributed by atoms with van der Waals surface area (Å²) < 4.78 is 10.9. The Morgan fingerprint density at radius 1 is 1.36 bits per heavy atom. The second-order valence-corrected chi connectivity index (χ2v) is 6.42. The van der Waals surface area contributed by atoms with Crippen molar-refractivity contribution < 1.29 is 24.5 Å². The molecule has 1 aromatic rings. The monoisotopic (exact) mass is 346 g/mol. The summed E-state index contributed by atoms with van der Waals surface area (Å²) in [6.07, 6.45) is 6.57. The van der Waals surface area contributed by atoms with Crippen LogP contribution in [0.2, 0.25) is 0 Å². The third-order valence-electron chi connectivity index (χ3n) is 4.19. The third kappa shape index (κ3) is 4.04. The van der Waals surface area contributed by atoms with Crippen molar-refractivity contribution in [2.24, 2.45) is 0 Å². The number of allylic oxidation sites excluding steroid dienone is 3. The van der Waals surface area contributed by atoms with E-state index in [-0.39, 0.29) is 22.6 Å². The largest absolute Gasteiger partial charge is 0.508 e. The van der Waals surface area contributed by atoms with Crippen molar-refractivity contribution in [1.29, 1.82) is 0 Å². The Balaban J connectivity index is 2.50. The van der Waals surface area contributed by atoms with Crippen LogP contribution in [0.3, 0.4) is 0 Å². The number of esters is 1. The van der Waals surface area contributed by atoms with Crippen LogP contribution in [-0.4, -0.2) is 29.4 Å². The van der Waals surface area contributed by atoms with Crippen molar-refractivity contribution in [3.63, 3.8) is 0 Å². The molecule has 2 N–H and O–H groups in total. The molecule has 5 nitrogen and oxygen atoms in total. The van der Waals surface area contributed by atoms with Gasteiger partial charge in [-0.2, -0.15) is 0 Å². The zero-order valence-corrected chi connectivity index (χ0v) is 15.2. The first-order valence-electron chi connectivity index (χ1n) is 8.52. The second kappa shape index (κ2) is 8.21. The predicted molar refractivity (Wildman–Crippen MR) is 95.9 cm³/mol. The number of carbonyl (C=O) groups is 1. The number of phenols is 2. The van der Waals surface area contributed by atoms with Gasteiger partial charge in [-0.15, -0.1) is 0 Å². The number of methoxy groups -OCH3 is 1.